The molecule has 0 aliphatic carbocycles. The lowest BCUT2D eigenvalue weighted by atomic mass is 10.2. The van der Waals surface area contributed by atoms with E-state index in [1.54, 1.807) is 18.4 Å². The standard InChI is InChI=1S/C10H16ClNO2S/c1-14-7-8(4-5-13)12-6-9-2-3-10(11)15-9/h2-3,8,12-13H,4-7H2,1H3. The first-order valence-electron chi connectivity index (χ1n) is 4.83. The molecule has 0 bridgehead atoms. The van der Waals surface area contributed by atoms with Crippen LogP contribution in [0, 0.1) is 0 Å². The van der Waals surface area contributed by atoms with E-state index in [2.05, 4.69) is 5.32 Å². The Balaban J connectivity index is 2.32. The van der Waals surface area contributed by atoms with Crippen molar-refractivity contribution in [1.82, 2.24) is 5.32 Å². The Hall–Kier alpha value is -0.130. The van der Waals surface area contributed by atoms with Crippen molar-refractivity contribution in [1.29, 1.82) is 0 Å². The van der Waals surface area contributed by atoms with E-state index in [0.717, 1.165) is 10.9 Å². The van der Waals surface area contributed by atoms with Gasteiger partial charge in [0.2, 0.25) is 0 Å². The summed E-state index contributed by atoms with van der Waals surface area (Å²) in [6, 6.07) is 4.09. The van der Waals surface area contributed by atoms with Gasteiger partial charge in [-0.1, -0.05) is 11.6 Å². The summed E-state index contributed by atoms with van der Waals surface area (Å²) in [5.74, 6) is 0. The maximum Gasteiger partial charge on any atom is 0.0931 e. The fraction of sp³-hybridized carbons (Fsp3) is 0.600. The van der Waals surface area contributed by atoms with Gasteiger partial charge in [0.15, 0.2) is 0 Å². The molecule has 0 aliphatic rings. The van der Waals surface area contributed by atoms with Gasteiger partial charge < -0.3 is 15.2 Å². The molecule has 0 saturated carbocycles. The number of rotatable bonds is 7. The topological polar surface area (TPSA) is 41.5 Å². The van der Waals surface area contributed by atoms with Crippen molar-refractivity contribution in [2.45, 2.75) is 19.0 Å². The number of thiophene rings is 1. The highest BCUT2D eigenvalue weighted by molar-refractivity contribution is 7.16. The van der Waals surface area contributed by atoms with Crippen molar-refractivity contribution in [2.75, 3.05) is 20.3 Å². The van der Waals surface area contributed by atoms with Crippen molar-refractivity contribution in [3.05, 3.63) is 21.3 Å². The predicted octanol–water partition coefficient (Wildman–Crippen LogP) is 1.89. The van der Waals surface area contributed by atoms with E-state index in [1.807, 2.05) is 12.1 Å². The number of hydrogen-bond acceptors (Lipinski definition) is 4. The minimum atomic E-state index is 0.173. The third-order valence-corrected chi connectivity index (χ3v) is 3.27. The molecule has 2 N–H and O–H groups in total. The molecule has 0 aromatic carbocycles. The predicted molar refractivity (Wildman–Crippen MR) is 63.5 cm³/mol. The first-order chi connectivity index (χ1) is 7.26. The lowest BCUT2D eigenvalue weighted by molar-refractivity contribution is 0.148. The molecule has 0 saturated heterocycles. The van der Waals surface area contributed by atoms with Crippen LogP contribution in [-0.2, 0) is 11.3 Å². The van der Waals surface area contributed by atoms with E-state index < -0.39 is 0 Å². The van der Waals surface area contributed by atoms with Gasteiger partial charge in [0, 0.05) is 31.2 Å². The van der Waals surface area contributed by atoms with Crippen LogP contribution >= 0.6 is 22.9 Å². The van der Waals surface area contributed by atoms with Crippen molar-refractivity contribution in [3.8, 4) is 0 Å². The zero-order valence-electron chi connectivity index (χ0n) is 8.70. The normalized spacial score (nSPS) is 13.0. The molecule has 0 fully saturated rings. The van der Waals surface area contributed by atoms with Crippen LogP contribution in [0.3, 0.4) is 0 Å². The van der Waals surface area contributed by atoms with Crippen LogP contribution in [-0.4, -0.2) is 31.5 Å². The first-order valence-corrected chi connectivity index (χ1v) is 6.03. The van der Waals surface area contributed by atoms with Gasteiger partial charge in [0.1, 0.15) is 0 Å². The molecule has 15 heavy (non-hydrogen) atoms. The Morgan fingerprint density at radius 1 is 1.60 bits per heavy atom. The monoisotopic (exact) mass is 249 g/mol. The lowest BCUT2D eigenvalue weighted by Crippen LogP contribution is -2.33. The molecule has 1 aromatic rings. The molecule has 5 heteroatoms. The fourth-order valence-corrected chi connectivity index (χ4v) is 2.33. The molecule has 0 aliphatic heterocycles. The molecule has 1 rings (SSSR count). The number of nitrogens with one attached hydrogen (secondary N) is 1. The fourth-order valence-electron chi connectivity index (χ4n) is 1.29. The molecule has 0 spiro atoms. The van der Waals surface area contributed by atoms with Crippen LogP contribution in [0.5, 0.6) is 0 Å². The van der Waals surface area contributed by atoms with Gasteiger partial charge >= 0.3 is 0 Å². The first kappa shape index (κ1) is 12.9. The number of aliphatic hydroxyl groups is 1. The molecule has 1 aromatic heterocycles. The maximum absolute atomic E-state index is 8.85. The zero-order chi connectivity index (χ0) is 11.1. The summed E-state index contributed by atoms with van der Waals surface area (Å²) in [5.41, 5.74) is 0. The van der Waals surface area contributed by atoms with Gasteiger partial charge in [-0.3, -0.25) is 0 Å². The van der Waals surface area contributed by atoms with E-state index in [1.165, 1.54) is 4.88 Å². The average molecular weight is 250 g/mol. The summed E-state index contributed by atoms with van der Waals surface area (Å²) < 4.78 is 5.86. The highest BCUT2D eigenvalue weighted by Gasteiger charge is 2.07. The number of ether oxygens (including phenoxy) is 1. The molecule has 86 valence electrons. The third kappa shape index (κ3) is 4.95. The van der Waals surface area contributed by atoms with E-state index in [-0.39, 0.29) is 12.6 Å². The quantitative estimate of drug-likeness (QED) is 0.776. The summed E-state index contributed by atoms with van der Waals surface area (Å²) in [4.78, 5) is 1.19. The van der Waals surface area contributed by atoms with Gasteiger partial charge in [-0.25, -0.2) is 0 Å². The summed E-state index contributed by atoms with van der Waals surface area (Å²) in [6.07, 6.45) is 0.701. The number of hydrogen-bond donors (Lipinski definition) is 2. The van der Waals surface area contributed by atoms with Crippen molar-refractivity contribution < 1.29 is 9.84 Å². The lowest BCUT2D eigenvalue weighted by Gasteiger charge is -2.15. The van der Waals surface area contributed by atoms with Crippen LogP contribution < -0.4 is 5.32 Å². The van der Waals surface area contributed by atoms with E-state index in [4.69, 9.17) is 21.4 Å². The van der Waals surface area contributed by atoms with E-state index in [9.17, 15) is 0 Å². The van der Waals surface area contributed by atoms with Gasteiger partial charge in [0.05, 0.1) is 10.9 Å². The molecule has 1 atom stereocenters. The van der Waals surface area contributed by atoms with E-state index in [0.29, 0.717) is 13.0 Å². The average Bonchev–Trinajstić information content (AvgIpc) is 2.61. The Morgan fingerprint density at radius 2 is 2.40 bits per heavy atom. The number of methoxy groups -OCH3 is 1. The van der Waals surface area contributed by atoms with Crippen LogP contribution in [0.15, 0.2) is 12.1 Å². The number of aliphatic hydroxyl groups excluding tert-OH is 1. The van der Waals surface area contributed by atoms with Crippen LogP contribution in [0.4, 0.5) is 0 Å². The molecular formula is C10H16ClNO2S. The van der Waals surface area contributed by atoms with Gasteiger partial charge in [-0.15, -0.1) is 11.3 Å². The van der Waals surface area contributed by atoms with Crippen molar-refractivity contribution >= 4 is 22.9 Å². The minimum Gasteiger partial charge on any atom is -0.396 e. The smallest absolute Gasteiger partial charge is 0.0931 e. The molecule has 0 amide bonds. The van der Waals surface area contributed by atoms with Gasteiger partial charge in [-0.2, -0.15) is 0 Å². The van der Waals surface area contributed by atoms with Crippen molar-refractivity contribution in [3.63, 3.8) is 0 Å². The summed E-state index contributed by atoms with van der Waals surface area (Å²) >= 11 is 7.39. The van der Waals surface area contributed by atoms with Crippen molar-refractivity contribution in [2.24, 2.45) is 0 Å². The summed E-state index contributed by atoms with van der Waals surface area (Å²) in [6.45, 7) is 1.55. The van der Waals surface area contributed by atoms with Gasteiger partial charge in [0.25, 0.3) is 0 Å². The van der Waals surface area contributed by atoms with Crippen LogP contribution in [0.1, 0.15) is 11.3 Å². The minimum absolute atomic E-state index is 0.173. The second kappa shape index (κ2) is 7.19. The SMILES string of the molecule is COCC(CCO)NCc1ccc(Cl)s1. The van der Waals surface area contributed by atoms with E-state index >= 15 is 0 Å². The Labute approximate surface area is 99.0 Å². The highest BCUT2D eigenvalue weighted by Crippen LogP contribution is 2.21. The zero-order valence-corrected chi connectivity index (χ0v) is 10.3. The molecule has 1 unspecified atom stereocenters. The highest BCUT2D eigenvalue weighted by atomic mass is 35.5. The van der Waals surface area contributed by atoms with Gasteiger partial charge in [-0.05, 0) is 18.6 Å². The molecule has 3 nitrogen and oxygen atoms in total. The molecule has 1 heterocycles. The Morgan fingerprint density at radius 3 is 2.93 bits per heavy atom. The Bertz CT molecular complexity index is 274. The second-order valence-corrected chi connectivity index (χ2v) is 5.05. The third-order valence-electron chi connectivity index (χ3n) is 2.04. The molecular weight excluding hydrogens is 234 g/mol. The maximum atomic E-state index is 8.85. The molecule has 0 radical (unpaired) electrons. The summed E-state index contributed by atoms with van der Waals surface area (Å²) in [5, 5.41) is 12.2. The largest absolute Gasteiger partial charge is 0.396 e. The van der Waals surface area contributed by atoms with Crippen LogP contribution in [0.25, 0.3) is 0 Å². The van der Waals surface area contributed by atoms with Crippen LogP contribution in [0.2, 0.25) is 4.34 Å². The number of halogens is 1. The second-order valence-electron chi connectivity index (χ2n) is 3.25. The summed E-state index contributed by atoms with van der Waals surface area (Å²) in [7, 11) is 1.66. The Kier molecular flexibility index (Phi) is 6.20.